The van der Waals surface area contributed by atoms with Gasteiger partial charge in [-0.2, -0.15) is 13.2 Å². The fourth-order valence-corrected chi connectivity index (χ4v) is 3.91. The lowest BCUT2D eigenvalue weighted by atomic mass is 9.96. The van der Waals surface area contributed by atoms with Crippen LogP contribution in [-0.2, 0) is 6.18 Å². The molecule has 2 saturated carbocycles. The standard InChI is InChI=1S/C17H22F3N5/c1-2-12(10-5-3-4-6-10)25-9-21-13-14(22-11-7-8-11)23-16(17(18,19)20)24-15(13)25/h9-12H,2-8H2,1H3,(H,22,23,24). The van der Waals surface area contributed by atoms with Crippen molar-refractivity contribution in [3.05, 3.63) is 12.2 Å². The van der Waals surface area contributed by atoms with Gasteiger partial charge in [0.2, 0.25) is 5.82 Å². The monoisotopic (exact) mass is 353 g/mol. The first-order valence-electron chi connectivity index (χ1n) is 9.05. The topological polar surface area (TPSA) is 55.6 Å². The van der Waals surface area contributed by atoms with E-state index < -0.39 is 12.0 Å². The molecule has 2 fully saturated rings. The molecule has 1 N–H and O–H groups in total. The van der Waals surface area contributed by atoms with Gasteiger partial charge in [-0.05, 0) is 38.0 Å². The van der Waals surface area contributed by atoms with Crippen LogP contribution in [-0.4, -0.2) is 25.6 Å². The molecule has 5 nitrogen and oxygen atoms in total. The van der Waals surface area contributed by atoms with Crippen LogP contribution in [0.5, 0.6) is 0 Å². The number of halogens is 3. The molecule has 0 spiro atoms. The SMILES string of the molecule is CCC(C1CCCC1)n1cnc2c(NC3CC3)nc(C(F)(F)F)nc21. The zero-order chi connectivity index (χ0) is 17.6. The fourth-order valence-electron chi connectivity index (χ4n) is 3.91. The molecule has 8 heteroatoms. The van der Waals surface area contributed by atoms with E-state index in [1.807, 2.05) is 4.57 Å². The second kappa shape index (κ2) is 6.14. The van der Waals surface area contributed by atoms with Crippen molar-refractivity contribution < 1.29 is 13.2 Å². The Morgan fingerprint density at radius 3 is 2.52 bits per heavy atom. The van der Waals surface area contributed by atoms with E-state index in [1.54, 1.807) is 6.33 Å². The van der Waals surface area contributed by atoms with E-state index in [4.69, 9.17) is 0 Å². The molecule has 136 valence electrons. The number of nitrogens with zero attached hydrogens (tertiary/aromatic N) is 4. The number of aromatic nitrogens is 4. The summed E-state index contributed by atoms with van der Waals surface area (Å²) >= 11 is 0. The molecule has 1 atom stereocenters. The van der Waals surface area contributed by atoms with Crippen LogP contribution in [0.4, 0.5) is 19.0 Å². The molecule has 25 heavy (non-hydrogen) atoms. The van der Waals surface area contributed by atoms with Crippen molar-refractivity contribution in [1.82, 2.24) is 19.5 Å². The van der Waals surface area contributed by atoms with Crippen molar-refractivity contribution in [3.8, 4) is 0 Å². The molecule has 0 radical (unpaired) electrons. The third-order valence-electron chi connectivity index (χ3n) is 5.31. The summed E-state index contributed by atoms with van der Waals surface area (Å²) in [5.41, 5.74) is 0.737. The maximum Gasteiger partial charge on any atom is 0.451 e. The summed E-state index contributed by atoms with van der Waals surface area (Å²) in [4.78, 5) is 12.0. The van der Waals surface area contributed by atoms with Gasteiger partial charge in [-0.1, -0.05) is 19.8 Å². The van der Waals surface area contributed by atoms with Gasteiger partial charge in [-0.25, -0.2) is 15.0 Å². The Morgan fingerprint density at radius 1 is 1.20 bits per heavy atom. The molecule has 2 aromatic heterocycles. The predicted octanol–water partition coefficient (Wildman–Crippen LogP) is 4.56. The van der Waals surface area contributed by atoms with Crippen LogP contribution >= 0.6 is 0 Å². The maximum atomic E-state index is 13.3. The number of anilines is 1. The van der Waals surface area contributed by atoms with Crippen molar-refractivity contribution in [2.24, 2.45) is 5.92 Å². The summed E-state index contributed by atoms with van der Waals surface area (Å²) in [6.45, 7) is 2.07. The second-order valence-electron chi connectivity index (χ2n) is 7.16. The molecule has 0 bridgehead atoms. The lowest BCUT2D eigenvalue weighted by molar-refractivity contribution is -0.144. The van der Waals surface area contributed by atoms with Crippen molar-refractivity contribution >= 4 is 17.0 Å². The number of alkyl halides is 3. The normalized spacial score (nSPS) is 20.3. The minimum atomic E-state index is -4.57. The van der Waals surface area contributed by atoms with E-state index in [-0.39, 0.29) is 17.9 Å². The van der Waals surface area contributed by atoms with Crippen molar-refractivity contribution in [2.75, 3.05) is 5.32 Å². The van der Waals surface area contributed by atoms with Gasteiger partial charge in [0.1, 0.15) is 5.52 Å². The van der Waals surface area contributed by atoms with Crippen LogP contribution in [0.25, 0.3) is 11.2 Å². The van der Waals surface area contributed by atoms with Crippen LogP contribution in [0.1, 0.15) is 63.7 Å². The summed E-state index contributed by atoms with van der Waals surface area (Å²) < 4.78 is 41.7. The second-order valence-corrected chi connectivity index (χ2v) is 7.16. The molecule has 2 heterocycles. The summed E-state index contributed by atoms with van der Waals surface area (Å²) in [6, 6.07) is 0.332. The van der Waals surface area contributed by atoms with E-state index >= 15 is 0 Å². The number of fused-ring (bicyclic) bond motifs is 1. The molecular formula is C17H22F3N5. The third kappa shape index (κ3) is 3.18. The Labute approximate surface area is 144 Å². The van der Waals surface area contributed by atoms with E-state index in [0.29, 0.717) is 17.1 Å². The highest BCUT2D eigenvalue weighted by atomic mass is 19.4. The predicted molar refractivity (Wildman–Crippen MR) is 88.3 cm³/mol. The van der Waals surface area contributed by atoms with Crippen molar-refractivity contribution in [2.45, 2.75) is 70.1 Å². The van der Waals surface area contributed by atoms with Gasteiger partial charge < -0.3 is 9.88 Å². The lowest BCUT2D eigenvalue weighted by Crippen LogP contribution is -2.19. The number of hydrogen-bond acceptors (Lipinski definition) is 4. The first kappa shape index (κ1) is 16.6. The van der Waals surface area contributed by atoms with Gasteiger partial charge in [-0.3, -0.25) is 0 Å². The summed E-state index contributed by atoms with van der Waals surface area (Å²) in [7, 11) is 0. The van der Waals surface area contributed by atoms with Gasteiger partial charge in [0.25, 0.3) is 0 Å². The molecule has 0 aromatic carbocycles. The Bertz CT molecular complexity index is 759. The first-order valence-corrected chi connectivity index (χ1v) is 9.05. The van der Waals surface area contributed by atoms with E-state index in [0.717, 1.165) is 32.1 Å². The van der Waals surface area contributed by atoms with Crippen LogP contribution in [0.15, 0.2) is 6.33 Å². The van der Waals surface area contributed by atoms with Crippen LogP contribution in [0, 0.1) is 5.92 Å². The number of imidazole rings is 1. The minimum absolute atomic E-state index is 0.136. The summed E-state index contributed by atoms with van der Waals surface area (Å²) in [5, 5.41) is 3.08. The third-order valence-corrected chi connectivity index (χ3v) is 5.31. The molecule has 1 unspecified atom stereocenters. The van der Waals surface area contributed by atoms with Gasteiger partial charge in [0, 0.05) is 12.1 Å². The Kier molecular flexibility index (Phi) is 4.08. The van der Waals surface area contributed by atoms with E-state index in [2.05, 4.69) is 27.2 Å². The average Bonchev–Trinajstić information content (AvgIpc) is 3.06. The Balaban J connectivity index is 1.81. The van der Waals surface area contributed by atoms with Crippen LogP contribution in [0.2, 0.25) is 0 Å². The molecule has 4 rings (SSSR count). The van der Waals surface area contributed by atoms with Gasteiger partial charge >= 0.3 is 6.18 Å². The molecule has 0 amide bonds. The molecular weight excluding hydrogens is 331 g/mol. The van der Waals surface area contributed by atoms with Crippen LogP contribution in [0.3, 0.4) is 0 Å². The van der Waals surface area contributed by atoms with Crippen LogP contribution < -0.4 is 5.32 Å². The smallest absolute Gasteiger partial charge is 0.365 e. The fraction of sp³-hybridized carbons (Fsp3) is 0.706. The lowest BCUT2D eigenvalue weighted by Gasteiger charge is -2.24. The number of nitrogens with one attached hydrogen (secondary N) is 1. The highest BCUT2D eigenvalue weighted by molar-refractivity contribution is 5.83. The number of rotatable bonds is 5. The number of hydrogen-bond donors (Lipinski definition) is 1. The van der Waals surface area contributed by atoms with Gasteiger partial charge in [0.15, 0.2) is 11.5 Å². The van der Waals surface area contributed by atoms with Gasteiger partial charge in [-0.15, -0.1) is 0 Å². The Morgan fingerprint density at radius 2 is 1.92 bits per heavy atom. The molecule has 0 aliphatic heterocycles. The Hall–Kier alpha value is -1.86. The molecule has 0 saturated heterocycles. The van der Waals surface area contributed by atoms with E-state index in [1.165, 1.54) is 12.8 Å². The zero-order valence-electron chi connectivity index (χ0n) is 14.2. The zero-order valence-corrected chi connectivity index (χ0v) is 14.2. The quantitative estimate of drug-likeness (QED) is 0.856. The first-order chi connectivity index (χ1) is 12.0. The van der Waals surface area contributed by atoms with Crippen molar-refractivity contribution in [1.29, 1.82) is 0 Å². The van der Waals surface area contributed by atoms with E-state index in [9.17, 15) is 13.2 Å². The van der Waals surface area contributed by atoms with Gasteiger partial charge in [0.05, 0.1) is 6.33 Å². The summed E-state index contributed by atoms with van der Waals surface area (Å²) in [6.07, 6.45) is 4.43. The highest BCUT2D eigenvalue weighted by Crippen LogP contribution is 2.39. The minimum Gasteiger partial charge on any atom is -0.365 e. The highest BCUT2D eigenvalue weighted by Gasteiger charge is 2.37. The largest absolute Gasteiger partial charge is 0.451 e. The molecule has 2 aliphatic rings. The summed E-state index contributed by atoms with van der Waals surface area (Å²) in [5.74, 6) is -0.405. The van der Waals surface area contributed by atoms with Crippen molar-refractivity contribution in [3.63, 3.8) is 0 Å². The maximum absolute atomic E-state index is 13.3. The molecule has 2 aliphatic carbocycles. The average molecular weight is 353 g/mol. The molecule has 2 aromatic rings.